The molecule has 1 aromatic rings. The van der Waals surface area contributed by atoms with Crippen molar-refractivity contribution in [1.29, 1.82) is 5.26 Å². The van der Waals surface area contributed by atoms with Gasteiger partial charge in [0, 0.05) is 31.5 Å². The predicted octanol–water partition coefficient (Wildman–Crippen LogP) is 4.56. The molecular weight excluding hydrogens is 412 g/mol. The maximum Gasteiger partial charge on any atom is 0.321 e. The molecule has 4 rings (SSSR count). The van der Waals surface area contributed by atoms with E-state index in [9.17, 15) is 9.59 Å². The van der Waals surface area contributed by atoms with Gasteiger partial charge in [0.15, 0.2) is 5.78 Å². The summed E-state index contributed by atoms with van der Waals surface area (Å²) in [7, 11) is 4.34. The van der Waals surface area contributed by atoms with Crippen molar-refractivity contribution in [2.75, 3.05) is 33.7 Å². The maximum atomic E-state index is 13.5. The van der Waals surface area contributed by atoms with Crippen LogP contribution in [-0.2, 0) is 10.3 Å². The normalized spacial score (nSPS) is 27.8. The number of unbranched alkanes of at least 4 members (excludes halogenated alkanes) is 1. The molecule has 6 nitrogen and oxygen atoms in total. The molecule has 2 amide bonds. The Morgan fingerprint density at radius 1 is 1.15 bits per heavy atom. The van der Waals surface area contributed by atoms with Crippen LogP contribution in [0.15, 0.2) is 30.3 Å². The van der Waals surface area contributed by atoms with E-state index in [2.05, 4.69) is 60.3 Å². The minimum Gasteiger partial charge on any atom is -0.317 e. The SMILES string of the molecule is CN(C)C1(c2ccccc2)CCC2(CC1)CN(CC(=O)CCCC#N)C(=O)N2CC1CCC1. The fourth-order valence-electron chi connectivity index (χ4n) is 6.17. The van der Waals surface area contributed by atoms with Crippen molar-refractivity contribution in [3.8, 4) is 6.07 Å². The Kier molecular flexibility index (Phi) is 7.09. The lowest BCUT2D eigenvalue weighted by molar-refractivity contribution is -0.119. The third-order valence-corrected chi connectivity index (χ3v) is 8.51. The van der Waals surface area contributed by atoms with E-state index >= 15 is 0 Å². The Hall–Kier alpha value is -2.39. The average Bonchev–Trinajstić information content (AvgIpc) is 3.02. The number of nitrogens with zero attached hydrogens (tertiary/aromatic N) is 4. The Labute approximate surface area is 198 Å². The first-order chi connectivity index (χ1) is 15.9. The van der Waals surface area contributed by atoms with E-state index in [-0.39, 0.29) is 29.4 Å². The van der Waals surface area contributed by atoms with Crippen molar-refractivity contribution in [1.82, 2.24) is 14.7 Å². The number of carbonyl (C=O) groups excluding carboxylic acids is 2. The molecule has 0 radical (unpaired) electrons. The number of urea groups is 1. The second kappa shape index (κ2) is 9.85. The van der Waals surface area contributed by atoms with E-state index in [1.807, 2.05) is 0 Å². The number of Topliss-reactive ketones (excluding diaryl/α,β-unsaturated/α-hetero) is 1. The number of amides is 2. The van der Waals surface area contributed by atoms with Crippen LogP contribution in [0.1, 0.15) is 69.8 Å². The zero-order valence-corrected chi connectivity index (χ0v) is 20.3. The van der Waals surface area contributed by atoms with Gasteiger partial charge in [0.05, 0.1) is 18.2 Å². The molecule has 1 aromatic carbocycles. The zero-order chi connectivity index (χ0) is 23.5. The molecule has 0 unspecified atom stereocenters. The minimum atomic E-state index is -0.173. The van der Waals surface area contributed by atoms with Gasteiger partial charge in [0.25, 0.3) is 0 Å². The quantitative estimate of drug-likeness (QED) is 0.518. The first-order valence-electron chi connectivity index (χ1n) is 12.6. The highest BCUT2D eigenvalue weighted by atomic mass is 16.2. The summed E-state index contributed by atoms with van der Waals surface area (Å²) in [5, 5.41) is 8.75. The van der Waals surface area contributed by atoms with Gasteiger partial charge in [0.2, 0.25) is 0 Å². The molecule has 0 aromatic heterocycles. The second-order valence-electron chi connectivity index (χ2n) is 10.6. The third-order valence-electron chi connectivity index (χ3n) is 8.51. The molecule has 1 spiro atoms. The highest BCUT2D eigenvalue weighted by Gasteiger charge is 2.55. The van der Waals surface area contributed by atoms with Gasteiger partial charge in [-0.3, -0.25) is 9.69 Å². The summed E-state index contributed by atoms with van der Waals surface area (Å²) < 4.78 is 0. The van der Waals surface area contributed by atoms with Crippen LogP contribution in [0.3, 0.4) is 0 Å². The number of rotatable bonds is 9. The van der Waals surface area contributed by atoms with Crippen LogP contribution in [0.25, 0.3) is 0 Å². The van der Waals surface area contributed by atoms with Gasteiger partial charge in [-0.1, -0.05) is 36.8 Å². The number of nitriles is 1. The second-order valence-corrected chi connectivity index (χ2v) is 10.6. The van der Waals surface area contributed by atoms with E-state index in [1.54, 1.807) is 4.90 Å². The first kappa shape index (κ1) is 23.8. The summed E-state index contributed by atoms with van der Waals surface area (Å²) in [5.74, 6) is 0.675. The molecule has 1 aliphatic heterocycles. The average molecular weight is 451 g/mol. The molecular formula is C27H38N4O2. The van der Waals surface area contributed by atoms with E-state index < -0.39 is 0 Å². The van der Waals surface area contributed by atoms with Crippen molar-refractivity contribution in [3.63, 3.8) is 0 Å². The highest BCUT2D eigenvalue weighted by molar-refractivity contribution is 5.87. The molecule has 2 saturated carbocycles. The molecule has 0 N–H and O–H groups in total. The van der Waals surface area contributed by atoms with E-state index in [4.69, 9.17) is 5.26 Å². The fraction of sp³-hybridized carbons (Fsp3) is 0.667. The van der Waals surface area contributed by atoms with Crippen LogP contribution in [0, 0.1) is 17.2 Å². The smallest absolute Gasteiger partial charge is 0.317 e. The highest BCUT2D eigenvalue weighted by Crippen LogP contribution is 2.49. The lowest BCUT2D eigenvalue weighted by Gasteiger charge is -2.51. The van der Waals surface area contributed by atoms with Crippen molar-refractivity contribution in [3.05, 3.63) is 35.9 Å². The lowest BCUT2D eigenvalue weighted by atomic mass is 9.68. The molecule has 2 aliphatic carbocycles. The van der Waals surface area contributed by atoms with Crippen molar-refractivity contribution in [2.45, 2.75) is 75.3 Å². The molecule has 3 fully saturated rings. The predicted molar refractivity (Wildman–Crippen MR) is 128 cm³/mol. The Balaban J connectivity index is 1.52. The lowest BCUT2D eigenvalue weighted by Crippen LogP contribution is -2.56. The van der Waals surface area contributed by atoms with Gasteiger partial charge in [-0.25, -0.2) is 4.79 Å². The van der Waals surface area contributed by atoms with Gasteiger partial charge in [-0.2, -0.15) is 5.26 Å². The molecule has 1 saturated heterocycles. The van der Waals surface area contributed by atoms with Crippen molar-refractivity contribution in [2.24, 2.45) is 5.92 Å². The molecule has 6 heteroatoms. The summed E-state index contributed by atoms with van der Waals surface area (Å²) in [6.07, 6.45) is 8.95. The maximum absolute atomic E-state index is 13.5. The van der Waals surface area contributed by atoms with Crippen molar-refractivity contribution >= 4 is 11.8 Å². The summed E-state index contributed by atoms with van der Waals surface area (Å²) in [5.41, 5.74) is 1.16. The zero-order valence-electron chi connectivity index (χ0n) is 20.3. The van der Waals surface area contributed by atoms with E-state index in [0.29, 0.717) is 31.7 Å². The number of hydrogen-bond acceptors (Lipinski definition) is 4. The summed E-state index contributed by atoms with van der Waals surface area (Å²) in [6.45, 7) is 1.67. The third kappa shape index (κ3) is 4.66. The Morgan fingerprint density at radius 3 is 2.42 bits per heavy atom. The van der Waals surface area contributed by atoms with Gasteiger partial charge in [-0.15, -0.1) is 0 Å². The van der Waals surface area contributed by atoms with E-state index in [1.165, 1.54) is 24.8 Å². The monoisotopic (exact) mass is 450 g/mol. The van der Waals surface area contributed by atoms with Crippen LogP contribution in [0.2, 0.25) is 0 Å². The van der Waals surface area contributed by atoms with Crippen LogP contribution in [0.4, 0.5) is 4.79 Å². The molecule has 0 bridgehead atoms. The number of benzene rings is 1. The minimum absolute atomic E-state index is 0.0156. The van der Waals surface area contributed by atoms with Crippen LogP contribution < -0.4 is 0 Å². The summed E-state index contributed by atoms with van der Waals surface area (Å²) >= 11 is 0. The van der Waals surface area contributed by atoms with Crippen LogP contribution in [-0.4, -0.2) is 65.8 Å². The molecule has 178 valence electrons. The van der Waals surface area contributed by atoms with Crippen LogP contribution in [0.5, 0.6) is 0 Å². The van der Waals surface area contributed by atoms with Gasteiger partial charge in [-0.05, 0) is 70.5 Å². The molecule has 3 aliphatic rings. The number of hydrogen-bond donors (Lipinski definition) is 0. The topological polar surface area (TPSA) is 67.6 Å². The molecule has 0 atom stereocenters. The van der Waals surface area contributed by atoms with Gasteiger partial charge >= 0.3 is 6.03 Å². The molecule has 1 heterocycles. The van der Waals surface area contributed by atoms with Gasteiger partial charge in [0.1, 0.15) is 0 Å². The fourth-order valence-corrected chi connectivity index (χ4v) is 6.17. The standard InChI is InChI=1S/C27H38N4O2/c1-29(2)27(23-11-4-3-5-12-23)16-14-26(15-17-27)21-30(20-24(32)13-6-7-18-28)25(33)31(26)19-22-9-8-10-22/h3-5,11-12,22H,6-10,13-17,19-21H2,1-2H3. The summed E-state index contributed by atoms with van der Waals surface area (Å²) in [6, 6.07) is 12.9. The Bertz CT molecular complexity index is 879. The van der Waals surface area contributed by atoms with Crippen LogP contribution >= 0.6 is 0 Å². The molecule has 33 heavy (non-hydrogen) atoms. The Morgan fingerprint density at radius 2 is 1.85 bits per heavy atom. The number of carbonyl (C=O) groups is 2. The summed E-state index contributed by atoms with van der Waals surface area (Å²) in [4.78, 5) is 32.4. The first-order valence-corrected chi connectivity index (χ1v) is 12.6. The van der Waals surface area contributed by atoms with Crippen molar-refractivity contribution < 1.29 is 9.59 Å². The largest absolute Gasteiger partial charge is 0.321 e. The number of ketones is 1. The van der Waals surface area contributed by atoms with E-state index in [0.717, 1.165) is 32.2 Å². The van der Waals surface area contributed by atoms with Gasteiger partial charge < -0.3 is 9.80 Å².